The summed E-state index contributed by atoms with van der Waals surface area (Å²) in [5, 5.41) is 2.51. The van der Waals surface area contributed by atoms with E-state index in [1.807, 2.05) is 13.8 Å². The molecule has 1 unspecified atom stereocenters. The Morgan fingerprint density at radius 3 is 2.06 bits per heavy atom. The zero-order chi connectivity index (χ0) is 12.7. The molecule has 0 aromatic rings. The van der Waals surface area contributed by atoms with Crippen LogP contribution in [0.25, 0.3) is 0 Å². The number of nitrogens with one attached hydrogen (secondary N) is 1. The summed E-state index contributed by atoms with van der Waals surface area (Å²) < 4.78 is 4.90. The number of alkyl carbamates (subject to hydrolysis) is 1. The number of amides is 2. The third kappa shape index (κ3) is 5.00. The van der Waals surface area contributed by atoms with E-state index in [1.54, 1.807) is 25.7 Å². The van der Waals surface area contributed by atoms with Crippen molar-refractivity contribution in [1.82, 2.24) is 10.2 Å². The molecule has 0 aliphatic heterocycles. The molecule has 0 radical (unpaired) electrons. The lowest BCUT2D eigenvalue weighted by Crippen LogP contribution is -2.47. The Hall–Kier alpha value is -1.26. The van der Waals surface area contributed by atoms with Crippen LogP contribution in [0, 0.1) is 0 Å². The molecule has 94 valence electrons. The van der Waals surface area contributed by atoms with Crippen molar-refractivity contribution in [3.8, 4) is 0 Å². The highest BCUT2D eigenvalue weighted by molar-refractivity contribution is 5.85. The second kappa shape index (κ2) is 7.09. The fourth-order valence-electron chi connectivity index (χ4n) is 1.30. The lowest BCUT2D eigenvalue weighted by Gasteiger charge is -2.23. The zero-order valence-electron chi connectivity index (χ0n) is 10.7. The van der Waals surface area contributed by atoms with Crippen molar-refractivity contribution in [2.45, 2.75) is 46.8 Å². The van der Waals surface area contributed by atoms with E-state index in [9.17, 15) is 9.59 Å². The smallest absolute Gasteiger partial charge is 0.408 e. The van der Waals surface area contributed by atoms with E-state index in [0.717, 1.165) is 0 Å². The zero-order valence-corrected chi connectivity index (χ0v) is 10.7. The van der Waals surface area contributed by atoms with Crippen molar-refractivity contribution in [3.63, 3.8) is 0 Å². The molecule has 0 saturated heterocycles. The number of likely N-dealkylation sites (N-methyl/N-ethyl adjacent to an activating group) is 1. The van der Waals surface area contributed by atoms with Gasteiger partial charge in [-0.15, -0.1) is 0 Å². The average molecular weight is 230 g/mol. The van der Waals surface area contributed by atoms with Crippen LogP contribution in [0.5, 0.6) is 0 Å². The number of rotatable bonds is 5. The summed E-state index contributed by atoms with van der Waals surface area (Å²) in [5.74, 6) is -0.0919. The normalized spacial score (nSPS) is 12.1. The first-order chi connectivity index (χ1) is 7.42. The highest BCUT2D eigenvalue weighted by Gasteiger charge is 2.20. The number of carbonyl (C=O) groups is 2. The standard InChI is InChI=1S/C11H22N2O3/c1-6-13(7-2)10(14)9(5)12-11(15)16-8(3)4/h8-9H,6-7H2,1-5H3,(H,12,15). The molecule has 0 bridgehead atoms. The van der Waals surface area contributed by atoms with E-state index in [4.69, 9.17) is 4.74 Å². The quantitative estimate of drug-likeness (QED) is 0.776. The molecule has 0 saturated carbocycles. The van der Waals surface area contributed by atoms with Crippen molar-refractivity contribution in [1.29, 1.82) is 0 Å². The van der Waals surface area contributed by atoms with Gasteiger partial charge in [0.1, 0.15) is 6.04 Å². The van der Waals surface area contributed by atoms with Crippen molar-refractivity contribution in [2.75, 3.05) is 13.1 Å². The molecule has 0 aromatic carbocycles. The first-order valence-electron chi connectivity index (χ1n) is 5.68. The largest absolute Gasteiger partial charge is 0.447 e. The molecule has 16 heavy (non-hydrogen) atoms. The monoisotopic (exact) mass is 230 g/mol. The maximum absolute atomic E-state index is 11.8. The Kier molecular flexibility index (Phi) is 6.53. The number of carbonyl (C=O) groups excluding carboxylic acids is 2. The first-order valence-corrected chi connectivity index (χ1v) is 5.68. The summed E-state index contributed by atoms with van der Waals surface area (Å²) in [7, 11) is 0. The molecule has 0 aliphatic rings. The Balaban J connectivity index is 4.19. The predicted molar refractivity (Wildman–Crippen MR) is 62.1 cm³/mol. The minimum atomic E-state index is -0.553. The topological polar surface area (TPSA) is 58.6 Å². The molecule has 1 N–H and O–H groups in total. The minimum absolute atomic E-state index is 0.0919. The molecule has 0 aromatic heterocycles. The van der Waals surface area contributed by atoms with E-state index in [0.29, 0.717) is 13.1 Å². The summed E-state index contributed by atoms with van der Waals surface area (Å²) >= 11 is 0. The van der Waals surface area contributed by atoms with Gasteiger partial charge in [0.25, 0.3) is 0 Å². The lowest BCUT2D eigenvalue weighted by molar-refractivity contribution is -0.132. The molecular weight excluding hydrogens is 208 g/mol. The van der Waals surface area contributed by atoms with E-state index in [-0.39, 0.29) is 12.0 Å². The van der Waals surface area contributed by atoms with Gasteiger partial charge in [0.15, 0.2) is 0 Å². The minimum Gasteiger partial charge on any atom is -0.447 e. The number of hydrogen-bond acceptors (Lipinski definition) is 3. The fourth-order valence-corrected chi connectivity index (χ4v) is 1.30. The second-order valence-corrected chi connectivity index (χ2v) is 3.83. The van der Waals surface area contributed by atoms with Gasteiger partial charge in [-0.1, -0.05) is 0 Å². The third-order valence-electron chi connectivity index (χ3n) is 2.12. The van der Waals surface area contributed by atoms with Crippen molar-refractivity contribution in [2.24, 2.45) is 0 Å². The van der Waals surface area contributed by atoms with Gasteiger partial charge in [0.2, 0.25) is 5.91 Å². The van der Waals surface area contributed by atoms with Gasteiger partial charge >= 0.3 is 6.09 Å². The van der Waals surface area contributed by atoms with Gasteiger partial charge in [-0.25, -0.2) is 4.79 Å². The molecule has 0 aliphatic carbocycles. The van der Waals surface area contributed by atoms with Crippen LogP contribution in [-0.4, -0.2) is 42.1 Å². The summed E-state index contributed by atoms with van der Waals surface area (Å²) in [4.78, 5) is 24.7. The van der Waals surface area contributed by atoms with Gasteiger partial charge in [0, 0.05) is 13.1 Å². The third-order valence-corrected chi connectivity index (χ3v) is 2.12. The van der Waals surface area contributed by atoms with Gasteiger partial charge in [-0.2, -0.15) is 0 Å². The Bertz CT molecular complexity index is 237. The van der Waals surface area contributed by atoms with E-state index < -0.39 is 12.1 Å². The summed E-state index contributed by atoms with van der Waals surface area (Å²) in [6.07, 6.45) is -0.737. The maximum atomic E-state index is 11.8. The second-order valence-electron chi connectivity index (χ2n) is 3.83. The van der Waals surface area contributed by atoms with Crippen LogP contribution in [-0.2, 0) is 9.53 Å². The van der Waals surface area contributed by atoms with Crippen molar-refractivity contribution < 1.29 is 14.3 Å². The number of nitrogens with zero attached hydrogens (tertiary/aromatic N) is 1. The molecule has 5 nitrogen and oxygen atoms in total. The molecular formula is C11H22N2O3. The van der Waals surface area contributed by atoms with Gasteiger partial charge < -0.3 is 15.0 Å². The summed E-state index contributed by atoms with van der Waals surface area (Å²) in [5.41, 5.74) is 0. The van der Waals surface area contributed by atoms with E-state index >= 15 is 0 Å². The van der Waals surface area contributed by atoms with E-state index in [1.165, 1.54) is 0 Å². The Labute approximate surface area is 97.1 Å². The molecule has 0 spiro atoms. The number of ether oxygens (including phenoxy) is 1. The predicted octanol–water partition coefficient (Wildman–Crippen LogP) is 1.38. The first kappa shape index (κ1) is 14.7. The van der Waals surface area contributed by atoms with Crippen LogP contribution >= 0.6 is 0 Å². The Morgan fingerprint density at radius 1 is 1.19 bits per heavy atom. The van der Waals surface area contributed by atoms with E-state index in [2.05, 4.69) is 5.32 Å². The summed E-state index contributed by atoms with van der Waals surface area (Å²) in [6.45, 7) is 10.3. The van der Waals surface area contributed by atoms with Crippen LogP contribution in [0.15, 0.2) is 0 Å². The van der Waals surface area contributed by atoms with Crippen molar-refractivity contribution >= 4 is 12.0 Å². The highest BCUT2D eigenvalue weighted by Crippen LogP contribution is 1.96. The SMILES string of the molecule is CCN(CC)C(=O)C(C)NC(=O)OC(C)C. The Morgan fingerprint density at radius 2 is 1.69 bits per heavy atom. The number of hydrogen-bond donors (Lipinski definition) is 1. The van der Waals surface area contributed by atoms with Crippen LogP contribution in [0.1, 0.15) is 34.6 Å². The van der Waals surface area contributed by atoms with Crippen LogP contribution in [0.3, 0.4) is 0 Å². The van der Waals surface area contributed by atoms with Gasteiger partial charge in [0.05, 0.1) is 6.10 Å². The molecule has 5 heteroatoms. The lowest BCUT2D eigenvalue weighted by atomic mass is 10.3. The van der Waals surface area contributed by atoms with Crippen LogP contribution < -0.4 is 5.32 Å². The van der Waals surface area contributed by atoms with Crippen molar-refractivity contribution in [3.05, 3.63) is 0 Å². The molecule has 0 rings (SSSR count). The summed E-state index contributed by atoms with van der Waals surface area (Å²) in [6, 6.07) is -0.550. The van der Waals surface area contributed by atoms with Crippen LogP contribution in [0.4, 0.5) is 4.79 Å². The van der Waals surface area contributed by atoms with Gasteiger partial charge in [-0.3, -0.25) is 4.79 Å². The molecule has 1 atom stereocenters. The van der Waals surface area contributed by atoms with Gasteiger partial charge in [-0.05, 0) is 34.6 Å². The fraction of sp³-hybridized carbons (Fsp3) is 0.818. The highest BCUT2D eigenvalue weighted by atomic mass is 16.6. The molecule has 0 heterocycles. The maximum Gasteiger partial charge on any atom is 0.408 e. The molecule has 0 fully saturated rings. The van der Waals surface area contributed by atoms with Crippen LogP contribution in [0.2, 0.25) is 0 Å². The average Bonchev–Trinajstić information content (AvgIpc) is 2.17. The molecule has 2 amide bonds.